The maximum Gasteiger partial charge on any atom is 0.305 e. The fraction of sp³-hybridized carbons (Fsp3) is 0.394. The van der Waals surface area contributed by atoms with Crippen molar-refractivity contribution in [1.29, 1.82) is 0 Å². The van der Waals surface area contributed by atoms with Crippen LogP contribution in [0.15, 0.2) is 54.6 Å². The van der Waals surface area contributed by atoms with Gasteiger partial charge >= 0.3 is 5.97 Å². The first-order valence-electron chi connectivity index (χ1n) is 13.7. The first kappa shape index (κ1) is 29.8. The lowest BCUT2D eigenvalue weighted by molar-refractivity contribution is -0.143. The molecule has 0 unspecified atom stereocenters. The summed E-state index contributed by atoms with van der Waals surface area (Å²) in [6.07, 6.45) is 1.85. The van der Waals surface area contributed by atoms with Gasteiger partial charge in [0.1, 0.15) is 18.1 Å². The molecule has 208 valence electrons. The lowest BCUT2D eigenvalue weighted by Gasteiger charge is -2.17. The third-order valence-electron chi connectivity index (χ3n) is 6.41. The number of ether oxygens (including phenoxy) is 3. The van der Waals surface area contributed by atoms with Gasteiger partial charge in [-0.15, -0.1) is 0 Å². The van der Waals surface area contributed by atoms with Gasteiger partial charge in [0.25, 0.3) is 5.91 Å². The summed E-state index contributed by atoms with van der Waals surface area (Å²) in [4.78, 5) is 24.7. The molecule has 0 spiro atoms. The third kappa shape index (κ3) is 8.88. The van der Waals surface area contributed by atoms with E-state index < -0.39 is 0 Å². The van der Waals surface area contributed by atoms with Crippen LogP contribution in [0.5, 0.6) is 11.5 Å². The SMILES string of the molecule is CCOC(=O)CCCOc1ccccc1C(=O)Nc1c(C)cc(OCc2ccc(CC(C)C)cc2C)cc1C. The van der Waals surface area contributed by atoms with Crippen molar-refractivity contribution < 1.29 is 23.8 Å². The smallest absolute Gasteiger partial charge is 0.305 e. The van der Waals surface area contributed by atoms with E-state index in [9.17, 15) is 9.59 Å². The van der Waals surface area contributed by atoms with E-state index in [-0.39, 0.29) is 18.3 Å². The third-order valence-corrected chi connectivity index (χ3v) is 6.41. The summed E-state index contributed by atoms with van der Waals surface area (Å²) in [5.74, 6) is 1.36. The first-order valence-corrected chi connectivity index (χ1v) is 13.7. The molecule has 0 atom stereocenters. The minimum Gasteiger partial charge on any atom is -0.493 e. The van der Waals surface area contributed by atoms with Crippen molar-refractivity contribution in [1.82, 2.24) is 0 Å². The Hall–Kier alpha value is -3.80. The Balaban J connectivity index is 1.63. The Bertz CT molecular complexity index is 1260. The molecule has 0 heterocycles. The summed E-state index contributed by atoms with van der Waals surface area (Å²) < 4.78 is 16.9. The van der Waals surface area contributed by atoms with Crippen LogP contribution in [0.4, 0.5) is 5.69 Å². The largest absolute Gasteiger partial charge is 0.493 e. The molecule has 6 heteroatoms. The average molecular weight is 532 g/mol. The molecule has 0 aliphatic heterocycles. The topological polar surface area (TPSA) is 73.9 Å². The summed E-state index contributed by atoms with van der Waals surface area (Å²) in [7, 11) is 0. The quantitative estimate of drug-likeness (QED) is 0.184. The summed E-state index contributed by atoms with van der Waals surface area (Å²) in [6, 6.07) is 17.6. The summed E-state index contributed by atoms with van der Waals surface area (Å²) in [6.45, 7) is 13.4. The van der Waals surface area contributed by atoms with Crippen molar-refractivity contribution in [3.8, 4) is 11.5 Å². The second-order valence-electron chi connectivity index (χ2n) is 10.3. The molecular formula is C33H41NO5. The molecule has 0 saturated carbocycles. The molecule has 6 nitrogen and oxygen atoms in total. The standard InChI is InChI=1S/C33H41NO5/c1-7-37-31(35)13-10-16-38-30-12-9-8-11-29(30)33(36)34-32-24(5)19-28(20-25(32)6)39-21-27-15-14-26(17-22(2)3)18-23(27)4/h8-9,11-12,14-15,18-20,22H,7,10,13,16-17,21H2,1-6H3,(H,34,36). The van der Waals surface area contributed by atoms with Crippen molar-refractivity contribution in [2.45, 2.75) is 67.4 Å². The number of para-hydroxylation sites is 1. The number of carbonyl (C=O) groups excluding carboxylic acids is 2. The van der Waals surface area contributed by atoms with Crippen molar-refractivity contribution >= 4 is 17.6 Å². The normalized spacial score (nSPS) is 10.8. The van der Waals surface area contributed by atoms with Gasteiger partial charge in [0.2, 0.25) is 0 Å². The van der Waals surface area contributed by atoms with Crippen LogP contribution in [0.3, 0.4) is 0 Å². The predicted octanol–water partition coefficient (Wildman–Crippen LogP) is 7.36. The molecule has 0 saturated heterocycles. The Morgan fingerprint density at radius 3 is 2.28 bits per heavy atom. The molecule has 0 aliphatic carbocycles. The Morgan fingerprint density at radius 2 is 1.62 bits per heavy atom. The highest BCUT2D eigenvalue weighted by atomic mass is 16.5. The van der Waals surface area contributed by atoms with Crippen LogP contribution < -0.4 is 14.8 Å². The Kier molecular flexibility index (Phi) is 11.0. The number of esters is 1. The number of rotatable bonds is 13. The lowest BCUT2D eigenvalue weighted by atomic mass is 9.99. The van der Waals surface area contributed by atoms with Crippen molar-refractivity contribution in [2.75, 3.05) is 18.5 Å². The fourth-order valence-corrected chi connectivity index (χ4v) is 4.48. The highest BCUT2D eigenvalue weighted by molar-refractivity contribution is 6.07. The van der Waals surface area contributed by atoms with E-state index in [0.717, 1.165) is 34.5 Å². The monoisotopic (exact) mass is 531 g/mol. The lowest BCUT2D eigenvalue weighted by Crippen LogP contribution is -2.16. The zero-order chi connectivity index (χ0) is 28.4. The number of aryl methyl sites for hydroxylation is 3. The molecule has 39 heavy (non-hydrogen) atoms. The molecule has 0 bridgehead atoms. The molecule has 0 radical (unpaired) electrons. The first-order chi connectivity index (χ1) is 18.7. The van der Waals surface area contributed by atoms with Gasteiger partial charge in [-0.05, 0) is 98.5 Å². The Labute approximate surface area is 232 Å². The van der Waals surface area contributed by atoms with E-state index in [4.69, 9.17) is 14.2 Å². The summed E-state index contributed by atoms with van der Waals surface area (Å²) in [5.41, 5.74) is 6.75. The molecule has 0 aliphatic rings. The average Bonchev–Trinajstić information content (AvgIpc) is 2.88. The van der Waals surface area contributed by atoms with Gasteiger partial charge in [-0.2, -0.15) is 0 Å². The Morgan fingerprint density at radius 1 is 0.897 bits per heavy atom. The van der Waals surface area contributed by atoms with E-state index in [1.54, 1.807) is 25.1 Å². The molecule has 0 fully saturated rings. The highest BCUT2D eigenvalue weighted by Gasteiger charge is 2.16. The van der Waals surface area contributed by atoms with E-state index in [2.05, 4.69) is 44.3 Å². The molecular weight excluding hydrogens is 490 g/mol. The zero-order valence-electron chi connectivity index (χ0n) is 24.1. The number of hydrogen-bond acceptors (Lipinski definition) is 5. The van der Waals surface area contributed by atoms with E-state index in [0.29, 0.717) is 43.5 Å². The number of nitrogens with one attached hydrogen (secondary N) is 1. The van der Waals surface area contributed by atoms with Gasteiger partial charge in [-0.3, -0.25) is 9.59 Å². The molecule has 3 aromatic carbocycles. The maximum atomic E-state index is 13.2. The van der Waals surface area contributed by atoms with Gasteiger partial charge in [0, 0.05) is 12.1 Å². The van der Waals surface area contributed by atoms with Gasteiger partial charge in [-0.25, -0.2) is 0 Å². The number of hydrogen-bond donors (Lipinski definition) is 1. The van der Waals surface area contributed by atoms with Crippen LogP contribution in [0.2, 0.25) is 0 Å². The molecule has 1 amide bonds. The molecule has 0 aromatic heterocycles. The minimum atomic E-state index is -0.257. The van der Waals surface area contributed by atoms with Crippen LogP contribution in [0.25, 0.3) is 0 Å². The van der Waals surface area contributed by atoms with Crippen molar-refractivity contribution in [3.63, 3.8) is 0 Å². The van der Waals surface area contributed by atoms with Gasteiger partial charge in [0.05, 0.1) is 18.8 Å². The second-order valence-corrected chi connectivity index (χ2v) is 10.3. The summed E-state index contributed by atoms with van der Waals surface area (Å²) >= 11 is 0. The number of benzene rings is 3. The minimum absolute atomic E-state index is 0.250. The zero-order valence-corrected chi connectivity index (χ0v) is 24.1. The summed E-state index contributed by atoms with van der Waals surface area (Å²) in [5, 5.41) is 3.04. The second kappa shape index (κ2) is 14.4. The predicted molar refractivity (Wildman–Crippen MR) is 156 cm³/mol. The molecule has 3 rings (SSSR count). The van der Waals surface area contributed by atoms with E-state index in [1.165, 1.54) is 11.1 Å². The van der Waals surface area contributed by atoms with Gasteiger partial charge in [-0.1, -0.05) is 44.2 Å². The van der Waals surface area contributed by atoms with Crippen LogP contribution in [-0.2, 0) is 22.6 Å². The molecule has 3 aromatic rings. The van der Waals surface area contributed by atoms with Gasteiger partial charge < -0.3 is 19.5 Å². The van der Waals surface area contributed by atoms with Crippen LogP contribution in [0, 0.1) is 26.7 Å². The number of amides is 1. The number of carbonyl (C=O) groups is 2. The van der Waals surface area contributed by atoms with Crippen LogP contribution >= 0.6 is 0 Å². The highest BCUT2D eigenvalue weighted by Crippen LogP contribution is 2.29. The van der Waals surface area contributed by atoms with Crippen LogP contribution in [0.1, 0.15) is 71.8 Å². The molecule has 1 N–H and O–H groups in total. The van der Waals surface area contributed by atoms with E-state index >= 15 is 0 Å². The van der Waals surface area contributed by atoms with Crippen molar-refractivity contribution in [2.24, 2.45) is 5.92 Å². The maximum absolute atomic E-state index is 13.2. The van der Waals surface area contributed by atoms with Gasteiger partial charge in [0.15, 0.2) is 0 Å². The van der Waals surface area contributed by atoms with E-state index in [1.807, 2.05) is 32.0 Å². The van der Waals surface area contributed by atoms with Crippen LogP contribution in [-0.4, -0.2) is 25.1 Å². The fourth-order valence-electron chi connectivity index (χ4n) is 4.48. The van der Waals surface area contributed by atoms with Crippen molar-refractivity contribution in [3.05, 3.63) is 88.0 Å². The number of anilines is 1.